The molecule has 2 heterocycles. The molecule has 0 amide bonds. The third kappa shape index (κ3) is 5.16. The summed E-state index contributed by atoms with van der Waals surface area (Å²) >= 11 is 0. The van der Waals surface area contributed by atoms with Crippen molar-refractivity contribution in [1.82, 2.24) is 9.88 Å². The van der Waals surface area contributed by atoms with Crippen molar-refractivity contribution in [1.29, 1.82) is 0 Å². The molecule has 1 aliphatic heterocycles. The Morgan fingerprint density at radius 1 is 1.08 bits per heavy atom. The highest BCUT2D eigenvalue weighted by Crippen LogP contribution is 2.33. The van der Waals surface area contributed by atoms with Gasteiger partial charge in [0.15, 0.2) is 5.88 Å². The molecule has 1 aliphatic rings. The maximum Gasteiger partial charge on any atom is 0.270 e. The summed E-state index contributed by atoms with van der Waals surface area (Å²) in [5, 5.41) is 22.8. The molecular formula is C29H30N4O3. The first-order valence-electron chi connectivity index (χ1n) is 12.4. The summed E-state index contributed by atoms with van der Waals surface area (Å²) < 4.78 is 0. The number of nitrogens with one attached hydrogen (secondary N) is 1. The van der Waals surface area contributed by atoms with Gasteiger partial charge in [0.2, 0.25) is 0 Å². The number of benzene rings is 3. The molecular weight excluding hydrogens is 452 g/mol. The summed E-state index contributed by atoms with van der Waals surface area (Å²) in [6.45, 7) is 5.75. The van der Waals surface area contributed by atoms with Crippen LogP contribution in [0.15, 0.2) is 77.8 Å². The fraction of sp³-hybridized carbons (Fsp3) is 0.276. The van der Waals surface area contributed by atoms with E-state index in [0.717, 1.165) is 30.1 Å². The lowest BCUT2D eigenvalue weighted by molar-refractivity contribution is -0.384. The smallest absolute Gasteiger partial charge is 0.270 e. The van der Waals surface area contributed by atoms with Crippen LogP contribution >= 0.6 is 0 Å². The Balaban J connectivity index is 1.47. The van der Waals surface area contributed by atoms with Gasteiger partial charge in [-0.1, -0.05) is 49.4 Å². The molecule has 0 radical (unpaired) electrons. The van der Waals surface area contributed by atoms with E-state index in [1.165, 1.54) is 43.6 Å². The number of hydrogen-bond donors (Lipinski definition) is 2. The van der Waals surface area contributed by atoms with Gasteiger partial charge in [-0.3, -0.25) is 10.1 Å². The summed E-state index contributed by atoms with van der Waals surface area (Å²) in [5.41, 5.74) is 4.40. The van der Waals surface area contributed by atoms with Crippen LogP contribution < -0.4 is 0 Å². The van der Waals surface area contributed by atoms with Crippen LogP contribution in [0.25, 0.3) is 10.9 Å². The van der Waals surface area contributed by atoms with E-state index >= 15 is 0 Å². The minimum atomic E-state index is -0.435. The molecule has 0 bridgehead atoms. The number of aromatic hydroxyl groups is 1. The van der Waals surface area contributed by atoms with Crippen LogP contribution in [0.4, 0.5) is 11.4 Å². The van der Waals surface area contributed by atoms with Gasteiger partial charge < -0.3 is 15.0 Å². The summed E-state index contributed by atoms with van der Waals surface area (Å²) in [6.07, 6.45) is 3.55. The maximum absolute atomic E-state index is 11.4. The lowest BCUT2D eigenvalue weighted by atomic mass is 9.99. The zero-order chi connectivity index (χ0) is 25.1. The highest BCUT2D eigenvalue weighted by molar-refractivity contribution is 6.22. The SMILES string of the molecule is CC1CCN(CCc2ccc(N=C(c3ccccc3)c3c(O)[nH]c4ccc([N+](=O)[O-])cc34)cc2)CC1. The topological polar surface area (TPSA) is 94.8 Å². The molecule has 1 aromatic heterocycles. The second-order valence-corrected chi connectivity index (χ2v) is 9.60. The number of nitro benzene ring substituents is 1. The molecule has 0 spiro atoms. The molecule has 1 fully saturated rings. The molecule has 184 valence electrons. The third-order valence-electron chi connectivity index (χ3n) is 7.03. The molecule has 5 rings (SSSR count). The van der Waals surface area contributed by atoms with Gasteiger partial charge >= 0.3 is 0 Å². The number of likely N-dealkylation sites (tertiary alicyclic amines) is 1. The van der Waals surface area contributed by atoms with Crippen molar-refractivity contribution >= 4 is 28.0 Å². The van der Waals surface area contributed by atoms with Crippen molar-refractivity contribution < 1.29 is 10.0 Å². The number of aliphatic imine (C=N–C) groups is 1. The molecule has 36 heavy (non-hydrogen) atoms. The van der Waals surface area contributed by atoms with Gasteiger partial charge in [0.05, 0.1) is 21.9 Å². The first kappa shape index (κ1) is 23.8. The fourth-order valence-electron chi connectivity index (χ4n) is 4.82. The van der Waals surface area contributed by atoms with Crippen LogP contribution in [0.3, 0.4) is 0 Å². The van der Waals surface area contributed by atoms with Crippen molar-refractivity contribution in [2.75, 3.05) is 19.6 Å². The standard InChI is InChI=1S/C29H30N4O3/c1-20-13-16-32(17-14-20)18-15-21-7-9-23(10-8-21)30-28(22-5-3-2-4-6-22)27-25-19-24(33(35)36)11-12-26(25)31-29(27)34/h2-12,19-20,31,34H,13-18H2,1H3. The molecule has 1 saturated heterocycles. The Morgan fingerprint density at radius 2 is 1.81 bits per heavy atom. The van der Waals surface area contributed by atoms with Crippen molar-refractivity contribution in [3.05, 3.63) is 99.6 Å². The number of rotatable bonds is 7. The first-order chi connectivity index (χ1) is 17.5. The predicted molar refractivity (Wildman–Crippen MR) is 143 cm³/mol. The van der Waals surface area contributed by atoms with Crippen LogP contribution in [0.1, 0.15) is 36.5 Å². The highest BCUT2D eigenvalue weighted by atomic mass is 16.6. The maximum atomic E-state index is 11.4. The molecule has 0 aliphatic carbocycles. The van der Waals surface area contributed by atoms with E-state index in [-0.39, 0.29) is 11.6 Å². The van der Waals surface area contributed by atoms with E-state index < -0.39 is 4.92 Å². The summed E-state index contributed by atoms with van der Waals surface area (Å²) in [7, 11) is 0. The minimum absolute atomic E-state index is 0.0392. The summed E-state index contributed by atoms with van der Waals surface area (Å²) in [4.78, 5) is 21.3. The second-order valence-electron chi connectivity index (χ2n) is 9.60. The minimum Gasteiger partial charge on any atom is -0.494 e. The number of nitro groups is 1. The van der Waals surface area contributed by atoms with Gasteiger partial charge in [0, 0.05) is 35.1 Å². The molecule has 0 saturated carbocycles. The van der Waals surface area contributed by atoms with Gasteiger partial charge in [-0.05, 0) is 62.0 Å². The van der Waals surface area contributed by atoms with E-state index in [1.807, 2.05) is 42.5 Å². The van der Waals surface area contributed by atoms with Gasteiger partial charge in [-0.2, -0.15) is 0 Å². The van der Waals surface area contributed by atoms with Crippen LogP contribution in [-0.2, 0) is 6.42 Å². The van der Waals surface area contributed by atoms with Crippen LogP contribution in [0.5, 0.6) is 5.88 Å². The van der Waals surface area contributed by atoms with Gasteiger partial charge in [0.1, 0.15) is 0 Å². The van der Waals surface area contributed by atoms with E-state index in [4.69, 9.17) is 4.99 Å². The number of aromatic nitrogens is 1. The number of H-pyrrole nitrogens is 1. The monoisotopic (exact) mass is 482 g/mol. The number of nitrogens with zero attached hydrogens (tertiary/aromatic N) is 3. The Labute approximate surface area is 210 Å². The van der Waals surface area contributed by atoms with E-state index in [1.54, 1.807) is 6.07 Å². The molecule has 3 aromatic carbocycles. The molecule has 7 nitrogen and oxygen atoms in total. The molecule has 2 N–H and O–H groups in total. The van der Waals surface area contributed by atoms with Crippen LogP contribution in [0, 0.1) is 16.0 Å². The Kier molecular flexibility index (Phi) is 6.82. The predicted octanol–water partition coefficient (Wildman–Crippen LogP) is 6.23. The van der Waals surface area contributed by atoms with Crippen molar-refractivity contribution in [3.8, 4) is 5.88 Å². The molecule has 7 heteroatoms. The Bertz CT molecular complexity index is 1390. The van der Waals surface area contributed by atoms with E-state index in [9.17, 15) is 15.2 Å². The van der Waals surface area contributed by atoms with Crippen LogP contribution in [0.2, 0.25) is 0 Å². The first-order valence-corrected chi connectivity index (χ1v) is 12.4. The second kappa shape index (κ2) is 10.3. The van der Waals surface area contributed by atoms with Crippen molar-refractivity contribution in [2.24, 2.45) is 10.9 Å². The normalized spacial score (nSPS) is 15.4. The molecule has 4 aromatic rings. The average Bonchev–Trinajstić information content (AvgIpc) is 3.23. The number of fused-ring (bicyclic) bond motifs is 1. The average molecular weight is 483 g/mol. The lowest BCUT2D eigenvalue weighted by Crippen LogP contribution is -2.34. The zero-order valence-corrected chi connectivity index (χ0v) is 20.4. The largest absolute Gasteiger partial charge is 0.494 e. The molecule has 0 unspecified atom stereocenters. The fourth-order valence-corrected chi connectivity index (χ4v) is 4.82. The van der Waals surface area contributed by atoms with E-state index in [2.05, 4.69) is 28.9 Å². The Morgan fingerprint density at radius 3 is 2.50 bits per heavy atom. The van der Waals surface area contributed by atoms with Gasteiger partial charge in [-0.25, -0.2) is 4.99 Å². The Hall–Kier alpha value is -3.97. The quantitative estimate of drug-likeness (QED) is 0.186. The van der Waals surface area contributed by atoms with Crippen molar-refractivity contribution in [3.63, 3.8) is 0 Å². The van der Waals surface area contributed by atoms with Gasteiger partial charge in [-0.15, -0.1) is 0 Å². The number of hydrogen-bond acceptors (Lipinski definition) is 5. The number of piperidine rings is 1. The summed E-state index contributed by atoms with van der Waals surface area (Å²) in [5.74, 6) is 0.764. The van der Waals surface area contributed by atoms with Crippen LogP contribution in [-0.4, -0.2) is 45.3 Å². The third-order valence-corrected chi connectivity index (χ3v) is 7.03. The number of aromatic amines is 1. The lowest BCUT2D eigenvalue weighted by Gasteiger charge is -2.30. The number of non-ortho nitro benzene ring substituents is 1. The van der Waals surface area contributed by atoms with Gasteiger partial charge in [0.25, 0.3) is 5.69 Å². The highest BCUT2D eigenvalue weighted by Gasteiger charge is 2.21. The summed E-state index contributed by atoms with van der Waals surface area (Å²) in [6, 6.07) is 22.3. The molecule has 0 atom stereocenters. The zero-order valence-electron chi connectivity index (χ0n) is 20.4. The van der Waals surface area contributed by atoms with E-state index in [0.29, 0.717) is 22.2 Å². The van der Waals surface area contributed by atoms with Crippen molar-refractivity contribution in [2.45, 2.75) is 26.2 Å².